The quantitative estimate of drug-likeness (QED) is 0.391. The lowest BCUT2D eigenvalue weighted by Crippen LogP contribution is -3.00. The molecule has 4 heteroatoms. The van der Waals surface area contributed by atoms with Gasteiger partial charge in [-0.25, -0.2) is 0 Å². The molecule has 0 aliphatic carbocycles. The van der Waals surface area contributed by atoms with Crippen LogP contribution >= 0.6 is 11.3 Å². The number of benzene rings is 1. The monoisotopic (exact) mass is 351 g/mol. The van der Waals surface area contributed by atoms with Crippen molar-refractivity contribution in [2.24, 2.45) is 0 Å². The molecule has 2 rings (SSSR count). The van der Waals surface area contributed by atoms with E-state index in [2.05, 4.69) is 47.2 Å². The molecule has 0 spiro atoms. The van der Waals surface area contributed by atoms with Crippen molar-refractivity contribution in [1.82, 2.24) is 0 Å². The van der Waals surface area contributed by atoms with Crippen LogP contribution in [0.1, 0.15) is 16.1 Å². The first-order chi connectivity index (χ1) is 9.31. The first-order valence-corrected chi connectivity index (χ1v) is 7.20. The minimum Gasteiger partial charge on any atom is -1.00 e. The van der Waals surface area contributed by atoms with Crippen LogP contribution in [0.3, 0.4) is 0 Å². The average Bonchev–Trinajstić information content (AvgIpc) is 2.78. The van der Waals surface area contributed by atoms with E-state index in [-0.39, 0.29) is 17.0 Å². The van der Waals surface area contributed by atoms with Crippen molar-refractivity contribution in [2.45, 2.75) is 19.9 Å². The van der Waals surface area contributed by atoms with Gasteiger partial charge in [0.25, 0.3) is 0 Å². The summed E-state index contributed by atoms with van der Waals surface area (Å²) in [5, 5.41) is 0. The number of nitrogens with zero attached hydrogens (tertiary/aromatic N) is 1. The van der Waals surface area contributed by atoms with Crippen LogP contribution in [0.4, 0.5) is 0 Å². The first kappa shape index (κ1) is 16.9. The Morgan fingerprint density at radius 1 is 1.30 bits per heavy atom. The second kappa shape index (κ2) is 8.91. The SMILES string of the molecule is C#CCOCCc1sc[n+](Cc2ccccc2)c1C.[Br-]. The summed E-state index contributed by atoms with van der Waals surface area (Å²) < 4.78 is 7.62. The van der Waals surface area contributed by atoms with Gasteiger partial charge in [-0.2, -0.15) is 4.57 Å². The fourth-order valence-corrected chi connectivity index (χ4v) is 2.90. The van der Waals surface area contributed by atoms with Gasteiger partial charge in [0.05, 0.1) is 11.5 Å². The predicted octanol–water partition coefficient (Wildman–Crippen LogP) is -0.411. The molecule has 0 aliphatic rings. The summed E-state index contributed by atoms with van der Waals surface area (Å²) in [5.74, 6) is 2.48. The van der Waals surface area contributed by atoms with E-state index in [0.29, 0.717) is 13.2 Å². The van der Waals surface area contributed by atoms with E-state index in [1.165, 1.54) is 16.1 Å². The lowest BCUT2D eigenvalue weighted by Gasteiger charge is -1.99. The molecule has 2 nitrogen and oxygen atoms in total. The number of terminal acetylenes is 1. The third-order valence-corrected chi connectivity index (χ3v) is 4.16. The first-order valence-electron chi connectivity index (χ1n) is 6.33. The van der Waals surface area contributed by atoms with Gasteiger partial charge in [-0.3, -0.25) is 0 Å². The maximum atomic E-state index is 5.33. The highest BCUT2D eigenvalue weighted by molar-refractivity contribution is 7.09. The number of rotatable bonds is 6. The molecule has 1 aromatic carbocycles. The number of thiazole rings is 1. The van der Waals surface area contributed by atoms with E-state index >= 15 is 0 Å². The summed E-state index contributed by atoms with van der Waals surface area (Å²) in [6.07, 6.45) is 6.08. The molecular formula is C16H18BrNOS. The normalized spacial score (nSPS) is 9.80. The van der Waals surface area contributed by atoms with Gasteiger partial charge in [0.1, 0.15) is 6.61 Å². The molecule has 0 saturated heterocycles. The Morgan fingerprint density at radius 2 is 2.05 bits per heavy atom. The molecule has 0 aliphatic heterocycles. The van der Waals surface area contributed by atoms with Crippen LogP contribution in [0, 0.1) is 19.3 Å². The maximum absolute atomic E-state index is 5.33. The lowest BCUT2D eigenvalue weighted by molar-refractivity contribution is -0.689. The van der Waals surface area contributed by atoms with Crippen LogP contribution in [-0.4, -0.2) is 13.2 Å². The number of hydrogen-bond acceptors (Lipinski definition) is 2. The van der Waals surface area contributed by atoms with Crippen molar-refractivity contribution in [3.05, 3.63) is 52.0 Å². The zero-order valence-electron chi connectivity index (χ0n) is 11.5. The van der Waals surface area contributed by atoms with Crippen LogP contribution in [0.2, 0.25) is 0 Å². The molecule has 0 atom stereocenters. The molecule has 0 unspecified atom stereocenters. The van der Waals surface area contributed by atoms with Gasteiger partial charge in [0, 0.05) is 18.9 Å². The van der Waals surface area contributed by atoms with E-state index in [1.54, 1.807) is 11.3 Å². The Kier molecular flexibility index (Phi) is 7.53. The minimum atomic E-state index is 0. The minimum absolute atomic E-state index is 0. The predicted molar refractivity (Wildman–Crippen MR) is 78.2 cm³/mol. The van der Waals surface area contributed by atoms with Crippen LogP contribution in [-0.2, 0) is 17.7 Å². The number of halogens is 1. The summed E-state index contributed by atoms with van der Waals surface area (Å²) >= 11 is 1.78. The Labute approximate surface area is 135 Å². The standard InChI is InChI=1S/C16H18NOS.BrH/c1-3-10-18-11-9-16-14(2)17(13-19-16)12-15-7-5-4-6-8-15;/h1,4-8,13H,9-12H2,2H3;1H/q+1;/p-1. The highest BCUT2D eigenvalue weighted by Gasteiger charge is 2.15. The zero-order chi connectivity index (χ0) is 13.5. The molecule has 1 heterocycles. The van der Waals surface area contributed by atoms with Crippen molar-refractivity contribution >= 4 is 11.3 Å². The van der Waals surface area contributed by atoms with Crippen molar-refractivity contribution in [1.29, 1.82) is 0 Å². The van der Waals surface area contributed by atoms with Gasteiger partial charge in [0.2, 0.25) is 5.51 Å². The van der Waals surface area contributed by atoms with Gasteiger partial charge in [-0.1, -0.05) is 47.6 Å². The van der Waals surface area contributed by atoms with E-state index < -0.39 is 0 Å². The largest absolute Gasteiger partial charge is 1.00 e. The molecule has 0 radical (unpaired) electrons. The average molecular weight is 352 g/mol. The van der Waals surface area contributed by atoms with Gasteiger partial charge in [-0.15, -0.1) is 6.42 Å². The maximum Gasteiger partial charge on any atom is 0.225 e. The van der Waals surface area contributed by atoms with Crippen LogP contribution in [0.15, 0.2) is 35.8 Å². The Bertz CT molecular complexity index is 560. The van der Waals surface area contributed by atoms with Crippen molar-refractivity contribution in [3.63, 3.8) is 0 Å². The molecule has 0 amide bonds. The summed E-state index contributed by atoms with van der Waals surface area (Å²) in [6, 6.07) is 10.5. The van der Waals surface area contributed by atoms with E-state index in [0.717, 1.165) is 13.0 Å². The van der Waals surface area contributed by atoms with Gasteiger partial charge in [-0.05, 0) is 0 Å². The lowest BCUT2D eigenvalue weighted by atomic mass is 10.2. The van der Waals surface area contributed by atoms with Crippen LogP contribution in [0.5, 0.6) is 0 Å². The fraction of sp³-hybridized carbons (Fsp3) is 0.312. The molecular weight excluding hydrogens is 334 g/mol. The highest BCUT2D eigenvalue weighted by atomic mass is 79.9. The molecule has 20 heavy (non-hydrogen) atoms. The molecule has 106 valence electrons. The molecule has 0 N–H and O–H groups in total. The number of aromatic nitrogens is 1. The summed E-state index contributed by atoms with van der Waals surface area (Å²) in [6.45, 7) is 4.18. The molecule has 1 aromatic heterocycles. The highest BCUT2D eigenvalue weighted by Crippen LogP contribution is 2.12. The third kappa shape index (κ3) is 4.75. The smallest absolute Gasteiger partial charge is 0.225 e. The molecule has 2 aromatic rings. The van der Waals surface area contributed by atoms with Gasteiger partial charge < -0.3 is 21.7 Å². The van der Waals surface area contributed by atoms with E-state index in [4.69, 9.17) is 11.2 Å². The number of ether oxygens (including phenoxy) is 1. The second-order valence-electron chi connectivity index (χ2n) is 4.35. The van der Waals surface area contributed by atoms with Gasteiger partial charge in [0.15, 0.2) is 12.2 Å². The molecule has 0 fully saturated rings. The molecule has 0 bridgehead atoms. The van der Waals surface area contributed by atoms with E-state index in [1.807, 2.05) is 6.07 Å². The van der Waals surface area contributed by atoms with Crippen LogP contribution in [0.25, 0.3) is 0 Å². The fourth-order valence-electron chi connectivity index (χ4n) is 1.92. The van der Waals surface area contributed by atoms with Crippen molar-refractivity contribution in [3.8, 4) is 12.3 Å². The topological polar surface area (TPSA) is 13.1 Å². The Morgan fingerprint density at radius 3 is 2.75 bits per heavy atom. The van der Waals surface area contributed by atoms with Gasteiger partial charge >= 0.3 is 0 Å². The third-order valence-electron chi connectivity index (χ3n) is 3.01. The molecule has 0 saturated carbocycles. The van der Waals surface area contributed by atoms with Crippen LogP contribution < -0.4 is 21.5 Å². The summed E-state index contributed by atoms with van der Waals surface area (Å²) in [4.78, 5) is 1.37. The van der Waals surface area contributed by atoms with Crippen molar-refractivity contribution < 1.29 is 26.3 Å². The van der Waals surface area contributed by atoms with Crippen molar-refractivity contribution in [2.75, 3.05) is 13.2 Å². The zero-order valence-corrected chi connectivity index (χ0v) is 13.9. The Hall–Kier alpha value is -1.15. The second-order valence-corrected chi connectivity index (χ2v) is 5.29. The van der Waals surface area contributed by atoms with E-state index in [9.17, 15) is 0 Å². The summed E-state index contributed by atoms with van der Waals surface area (Å²) in [7, 11) is 0. The summed E-state index contributed by atoms with van der Waals surface area (Å²) in [5.41, 5.74) is 4.82. The number of hydrogen-bond donors (Lipinski definition) is 0. The Balaban J connectivity index is 0.00000200.